The largest absolute Gasteiger partial charge is 0.497 e. The van der Waals surface area contributed by atoms with Gasteiger partial charge in [-0.15, -0.1) is 5.10 Å². The minimum atomic E-state index is -0.140. The Bertz CT molecular complexity index is 660. The highest BCUT2D eigenvalue weighted by Crippen LogP contribution is 2.13. The molecule has 1 heterocycles. The second-order valence-corrected chi connectivity index (χ2v) is 5.11. The number of carbonyl (C=O) groups is 1. The maximum atomic E-state index is 12.0. The standard InChI is InChI=1S/C16H21N5O2/c1-21(2)13-10-15(20-19-11-13)17-7-8-18-16(22)12-5-4-6-14(9-12)23-3/h4-6,9-11H,7-8H2,1-3H3,(H,17,20)(H,18,22). The van der Waals surface area contributed by atoms with Crippen molar-refractivity contribution in [1.82, 2.24) is 15.5 Å². The number of hydrogen-bond donors (Lipinski definition) is 2. The van der Waals surface area contributed by atoms with E-state index in [1.807, 2.05) is 25.1 Å². The molecule has 0 atom stereocenters. The second kappa shape index (κ2) is 7.98. The Morgan fingerprint density at radius 2 is 2.09 bits per heavy atom. The van der Waals surface area contributed by atoms with Gasteiger partial charge in [-0.25, -0.2) is 0 Å². The van der Waals surface area contributed by atoms with Crippen LogP contribution in [0.15, 0.2) is 36.5 Å². The summed E-state index contributed by atoms with van der Waals surface area (Å²) in [5.41, 5.74) is 1.53. The van der Waals surface area contributed by atoms with Gasteiger partial charge in [0.2, 0.25) is 0 Å². The predicted molar refractivity (Wildman–Crippen MR) is 90.2 cm³/mol. The first-order valence-electron chi connectivity index (χ1n) is 7.26. The van der Waals surface area contributed by atoms with Gasteiger partial charge >= 0.3 is 0 Å². The van der Waals surface area contributed by atoms with Crippen LogP contribution in [0.3, 0.4) is 0 Å². The lowest BCUT2D eigenvalue weighted by molar-refractivity contribution is 0.0955. The fraction of sp³-hybridized carbons (Fsp3) is 0.312. The third-order valence-corrected chi connectivity index (χ3v) is 3.21. The van der Waals surface area contributed by atoms with Gasteiger partial charge in [-0.05, 0) is 18.2 Å². The van der Waals surface area contributed by atoms with Gasteiger partial charge in [0, 0.05) is 38.8 Å². The molecule has 0 aliphatic heterocycles. The summed E-state index contributed by atoms with van der Waals surface area (Å²) in [6.07, 6.45) is 1.69. The molecule has 1 aromatic carbocycles. The number of benzene rings is 1. The van der Waals surface area contributed by atoms with E-state index in [9.17, 15) is 4.79 Å². The molecule has 2 N–H and O–H groups in total. The number of nitrogens with zero attached hydrogens (tertiary/aromatic N) is 3. The van der Waals surface area contributed by atoms with Gasteiger partial charge in [0.25, 0.3) is 5.91 Å². The van der Waals surface area contributed by atoms with E-state index in [1.165, 1.54) is 0 Å². The number of carbonyl (C=O) groups excluding carboxylic acids is 1. The molecule has 0 unspecified atom stereocenters. The van der Waals surface area contributed by atoms with Crippen molar-refractivity contribution in [3.63, 3.8) is 0 Å². The Morgan fingerprint density at radius 3 is 2.83 bits per heavy atom. The van der Waals surface area contributed by atoms with E-state index in [2.05, 4.69) is 20.8 Å². The molecule has 0 aliphatic carbocycles. The summed E-state index contributed by atoms with van der Waals surface area (Å²) in [5.74, 6) is 1.19. The van der Waals surface area contributed by atoms with Gasteiger partial charge < -0.3 is 20.3 Å². The summed E-state index contributed by atoms with van der Waals surface area (Å²) >= 11 is 0. The van der Waals surface area contributed by atoms with E-state index >= 15 is 0 Å². The van der Waals surface area contributed by atoms with E-state index in [4.69, 9.17) is 4.74 Å². The number of rotatable bonds is 7. The molecule has 2 aromatic rings. The lowest BCUT2D eigenvalue weighted by Gasteiger charge is -2.13. The number of ether oxygens (including phenoxy) is 1. The molecule has 23 heavy (non-hydrogen) atoms. The second-order valence-electron chi connectivity index (χ2n) is 5.11. The number of aromatic nitrogens is 2. The SMILES string of the molecule is COc1cccc(C(=O)NCCNc2cc(N(C)C)cnn2)c1. The Morgan fingerprint density at radius 1 is 1.26 bits per heavy atom. The molecule has 0 spiro atoms. The molecule has 122 valence electrons. The summed E-state index contributed by atoms with van der Waals surface area (Å²) in [4.78, 5) is 14.0. The van der Waals surface area contributed by atoms with Crippen molar-refractivity contribution in [1.29, 1.82) is 0 Å². The molecular formula is C16H21N5O2. The zero-order valence-corrected chi connectivity index (χ0v) is 13.5. The van der Waals surface area contributed by atoms with Gasteiger partial charge in [0.15, 0.2) is 5.82 Å². The molecule has 0 fully saturated rings. The van der Waals surface area contributed by atoms with Crippen molar-refractivity contribution in [2.75, 3.05) is 44.5 Å². The van der Waals surface area contributed by atoms with Crippen LogP contribution in [0, 0.1) is 0 Å². The van der Waals surface area contributed by atoms with Crippen LogP contribution in [0.1, 0.15) is 10.4 Å². The molecule has 0 saturated carbocycles. The lowest BCUT2D eigenvalue weighted by atomic mass is 10.2. The third kappa shape index (κ3) is 4.84. The minimum Gasteiger partial charge on any atom is -0.497 e. The van der Waals surface area contributed by atoms with E-state index in [0.29, 0.717) is 30.2 Å². The fourth-order valence-electron chi connectivity index (χ4n) is 1.92. The minimum absolute atomic E-state index is 0.140. The number of methoxy groups -OCH3 is 1. The zero-order chi connectivity index (χ0) is 16.7. The van der Waals surface area contributed by atoms with E-state index in [1.54, 1.807) is 37.6 Å². The molecule has 0 radical (unpaired) electrons. The Kier molecular flexibility index (Phi) is 5.74. The van der Waals surface area contributed by atoms with Crippen molar-refractivity contribution >= 4 is 17.4 Å². The number of amides is 1. The van der Waals surface area contributed by atoms with E-state index in [0.717, 1.165) is 5.69 Å². The molecule has 1 aromatic heterocycles. The molecule has 7 nitrogen and oxygen atoms in total. The summed E-state index contributed by atoms with van der Waals surface area (Å²) < 4.78 is 5.11. The average Bonchev–Trinajstić information content (AvgIpc) is 2.58. The molecule has 2 rings (SSSR count). The molecule has 0 aliphatic rings. The van der Waals surface area contributed by atoms with Crippen LogP contribution >= 0.6 is 0 Å². The van der Waals surface area contributed by atoms with Crippen LogP contribution in [-0.4, -0.2) is 50.4 Å². The van der Waals surface area contributed by atoms with Crippen molar-refractivity contribution in [2.45, 2.75) is 0 Å². The van der Waals surface area contributed by atoms with Crippen LogP contribution in [0.4, 0.5) is 11.5 Å². The number of hydrogen-bond acceptors (Lipinski definition) is 6. The fourth-order valence-corrected chi connectivity index (χ4v) is 1.92. The van der Waals surface area contributed by atoms with Crippen molar-refractivity contribution in [3.05, 3.63) is 42.1 Å². The van der Waals surface area contributed by atoms with E-state index < -0.39 is 0 Å². The summed E-state index contributed by atoms with van der Waals surface area (Å²) in [7, 11) is 5.45. The highest BCUT2D eigenvalue weighted by Gasteiger charge is 2.06. The van der Waals surface area contributed by atoms with Gasteiger partial charge in [-0.3, -0.25) is 4.79 Å². The Labute approximate surface area is 135 Å². The Balaban J connectivity index is 1.80. The first-order chi connectivity index (χ1) is 11.1. The first kappa shape index (κ1) is 16.5. The third-order valence-electron chi connectivity index (χ3n) is 3.21. The smallest absolute Gasteiger partial charge is 0.251 e. The van der Waals surface area contributed by atoms with Gasteiger partial charge in [0.05, 0.1) is 19.0 Å². The van der Waals surface area contributed by atoms with Gasteiger partial charge in [0.1, 0.15) is 5.75 Å². The van der Waals surface area contributed by atoms with Crippen LogP contribution in [0.25, 0.3) is 0 Å². The summed E-state index contributed by atoms with van der Waals surface area (Å²) in [6, 6.07) is 8.94. The number of anilines is 2. The highest BCUT2D eigenvalue weighted by molar-refractivity contribution is 5.94. The quantitative estimate of drug-likeness (QED) is 0.752. The van der Waals surface area contributed by atoms with Crippen LogP contribution in [0.2, 0.25) is 0 Å². The number of nitrogens with one attached hydrogen (secondary N) is 2. The first-order valence-corrected chi connectivity index (χ1v) is 7.26. The molecule has 7 heteroatoms. The monoisotopic (exact) mass is 315 g/mol. The Hall–Kier alpha value is -2.83. The van der Waals surface area contributed by atoms with Crippen LogP contribution in [0.5, 0.6) is 5.75 Å². The van der Waals surface area contributed by atoms with Crippen LogP contribution in [-0.2, 0) is 0 Å². The zero-order valence-electron chi connectivity index (χ0n) is 13.5. The van der Waals surface area contributed by atoms with E-state index in [-0.39, 0.29) is 5.91 Å². The topological polar surface area (TPSA) is 79.4 Å². The van der Waals surface area contributed by atoms with Crippen molar-refractivity contribution < 1.29 is 9.53 Å². The van der Waals surface area contributed by atoms with Crippen LogP contribution < -0.4 is 20.3 Å². The average molecular weight is 315 g/mol. The molecular weight excluding hydrogens is 294 g/mol. The maximum Gasteiger partial charge on any atom is 0.251 e. The molecule has 1 amide bonds. The predicted octanol–water partition coefficient (Wildman–Crippen LogP) is 1.39. The lowest BCUT2D eigenvalue weighted by Crippen LogP contribution is -2.29. The normalized spacial score (nSPS) is 10.0. The summed E-state index contributed by atoms with van der Waals surface area (Å²) in [5, 5.41) is 13.9. The summed E-state index contributed by atoms with van der Waals surface area (Å²) in [6.45, 7) is 1.03. The van der Waals surface area contributed by atoms with Gasteiger partial charge in [-0.2, -0.15) is 5.10 Å². The highest BCUT2D eigenvalue weighted by atomic mass is 16.5. The molecule has 0 saturated heterocycles. The van der Waals surface area contributed by atoms with Crippen molar-refractivity contribution in [2.24, 2.45) is 0 Å². The molecule has 0 bridgehead atoms. The maximum absolute atomic E-state index is 12.0. The van der Waals surface area contributed by atoms with Crippen molar-refractivity contribution in [3.8, 4) is 5.75 Å². The van der Waals surface area contributed by atoms with Gasteiger partial charge in [-0.1, -0.05) is 6.07 Å².